The minimum Gasteiger partial charge on any atom is -0.496 e. The molecule has 1 heterocycles. The third-order valence-corrected chi connectivity index (χ3v) is 5.93. The molecule has 0 radical (unpaired) electrons. The summed E-state index contributed by atoms with van der Waals surface area (Å²) in [6.07, 6.45) is 1.66. The average molecular weight is 319 g/mol. The standard InChI is InChI=1S/C19H29NO3/c1-13(2)14-4-5-16(23-3)15(10-14)12-20-8-6-19(7-9-20)17(21)11-18(19)22/h4-5,10,13,17-18,21-22H,6-9,11-12H2,1-3H3/t17-,18+. The summed E-state index contributed by atoms with van der Waals surface area (Å²) in [5.41, 5.74) is 2.32. The van der Waals surface area contributed by atoms with Gasteiger partial charge in [-0.05, 0) is 43.5 Å². The Morgan fingerprint density at radius 1 is 1.22 bits per heavy atom. The summed E-state index contributed by atoms with van der Waals surface area (Å²) >= 11 is 0. The van der Waals surface area contributed by atoms with Crippen LogP contribution in [0, 0.1) is 5.41 Å². The van der Waals surface area contributed by atoms with Crippen molar-refractivity contribution < 1.29 is 14.9 Å². The molecule has 1 aromatic carbocycles. The third kappa shape index (κ3) is 3.00. The fraction of sp³-hybridized carbons (Fsp3) is 0.684. The first-order valence-corrected chi connectivity index (χ1v) is 8.71. The summed E-state index contributed by atoms with van der Waals surface area (Å²) in [5, 5.41) is 20.1. The van der Waals surface area contributed by atoms with E-state index in [1.165, 1.54) is 11.1 Å². The highest BCUT2D eigenvalue weighted by Crippen LogP contribution is 2.49. The van der Waals surface area contributed by atoms with Gasteiger partial charge >= 0.3 is 0 Å². The highest BCUT2D eigenvalue weighted by atomic mass is 16.5. The van der Waals surface area contributed by atoms with Crippen LogP contribution in [-0.4, -0.2) is 47.5 Å². The van der Waals surface area contributed by atoms with Gasteiger partial charge in [-0.15, -0.1) is 0 Å². The van der Waals surface area contributed by atoms with E-state index in [0.29, 0.717) is 12.3 Å². The fourth-order valence-electron chi connectivity index (χ4n) is 4.06. The van der Waals surface area contributed by atoms with E-state index >= 15 is 0 Å². The van der Waals surface area contributed by atoms with Crippen molar-refractivity contribution in [2.45, 2.75) is 57.8 Å². The van der Waals surface area contributed by atoms with Gasteiger partial charge < -0.3 is 14.9 Å². The maximum absolute atomic E-state index is 10.1. The molecular weight excluding hydrogens is 290 g/mol. The highest BCUT2D eigenvalue weighted by molar-refractivity contribution is 5.38. The molecule has 1 saturated carbocycles. The van der Waals surface area contributed by atoms with E-state index < -0.39 is 0 Å². The molecule has 1 aromatic rings. The minimum absolute atomic E-state index is 0.236. The quantitative estimate of drug-likeness (QED) is 0.895. The summed E-state index contributed by atoms with van der Waals surface area (Å²) in [5.74, 6) is 1.45. The van der Waals surface area contributed by atoms with E-state index in [-0.39, 0.29) is 17.6 Å². The maximum atomic E-state index is 10.1. The Hall–Kier alpha value is -1.10. The van der Waals surface area contributed by atoms with E-state index in [1.54, 1.807) is 7.11 Å². The zero-order chi connectivity index (χ0) is 16.6. The first-order chi connectivity index (χ1) is 11.0. The van der Waals surface area contributed by atoms with Gasteiger partial charge in [-0.2, -0.15) is 0 Å². The van der Waals surface area contributed by atoms with E-state index in [4.69, 9.17) is 4.74 Å². The zero-order valence-corrected chi connectivity index (χ0v) is 14.5. The summed E-state index contributed by atoms with van der Waals surface area (Å²) in [7, 11) is 1.72. The third-order valence-electron chi connectivity index (χ3n) is 5.93. The largest absolute Gasteiger partial charge is 0.496 e. The van der Waals surface area contributed by atoms with E-state index in [1.807, 2.05) is 0 Å². The molecule has 0 amide bonds. The molecular formula is C19H29NO3. The average Bonchev–Trinajstić information content (AvgIpc) is 2.55. The number of nitrogens with zero attached hydrogens (tertiary/aromatic N) is 1. The zero-order valence-electron chi connectivity index (χ0n) is 14.5. The van der Waals surface area contributed by atoms with Crippen molar-refractivity contribution in [1.29, 1.82) is 0 Å². The Morgan fingerprint density at radius 2 is 1.87 bits per heavy atom. The lowest BCUT2D eigenvalue weighted by Gasteiger charge is -2.55. The number of aliphatic hydroxyl groups is 2. The number of methoxy groups -OCH3 is 1. The van der Waals surface area contributed by atoms with Crippen LogP contribution >= 0.6 is 0 Å². The Morgan fingerprint density at radius 3 is 2.39 bits per heavy atom. The highest BCUT2D eigenvalue weighted by Gasteiger charge is 2.54. The van der Waals surface area contributed by atoms with Crippen molar-refractivity contribution in [3.8, 4) is 5.75 Å². The number of hydrogen-bond donors (Lipinski definition) is 2. The van der Waals surface area contributed by atoms with Crippen LogP contribution in [0.25, 0.3) is 0 Å². The molecule has 4 heteroatoms. The lowest BCUT2D eigenvalue weighted by Crippen LogP contribution is -2.61. The maximum Gasteiger partial charge on any atom is 0.123 e. The van der Waals surface area contributed by atoms with Gasteiger partial charge in [0.1, 0.15) is 5.75 Å². The lowest BCUT2D eigenvalue weighted by atomic mass is 9.58. The SMILES string of the molecule is COc1ccc(C(C)C)cc1CN1CCC2(CC1)[C@H](O)C[C@@H]2O. The van der Waals surface area contributed by atoms with Gasteiger partial charge in [0.15, 0.2) is 0 Å². The topological polar surface area (TPSA) is 52.9 Å². The molecule has 0 unspecified atom stereocenters. The molecule has 128 valence electrons. The second-order valence-corrected chi connectivity index (χ2v) is 7.50. The molecule has 23 heavy (non-hydrogen) atoms. The van der Waals surface area contributed by atoms with Crippen LogP contribution in [-0.2, 0) is 6.54 Å². The molecule has 1 aliphatic heterocycles. The van der Waals surface area contributed by atoms with Crippen LogP contribution in [0.15, 0.2) is 18.2 Å². The van der Waals surface area contributed by atoms with Gasteiger partial charge in [-0.3, -0.25) is 4.90 Å². The molecule has 1 spiro atoms. The van der Waals surface area contributed by atoms with Crippen LogP contribution in [0.5, 0.6) is 5.75 Å². The van der Waals surface area contributed by atoms with E-state index in [2.05, 4.69) is 36.9 Å². The van der Waals surface area contributed by atoms with Crippen LogP contribution in [0.2, 0.25) is 0 Å². The molecule has 2 fully saturated rings. The second-order valence-electron chi connectivity index (χ2n) is 7.50. The Labute approximate surface area is 139 Å². The fourth-order valence-corrected chi connectivity index (χ4v) is 4.06. The monoisotopic (exact) mass is 319 g/mol. The Kier molecular flexibility index (Phi) is 4.68. The van der Waals surface area contributed by atoms with Crippen molar-refractivity contribution in [2.75, 3.05) is 20.2 Å². The van der Waals surface area contributed by atoms with Gasteiger partial charge in [0.25, 0.3) is 0 Å². The number of benzene rings is 1. The summed E-state index contributed by atoms with van der Waals surface area (Å²) in [6.45, 7) is 7.11. The smallest absolute Gasteiger partial charge is 0.123 e. The number of hydrogen-bond acceptors (Lipinski definition) is 4. The molecule has 2 atom stereocenters. The molecule has 0 aromatic heterocycles. The number of rotatable bonds is 4. The first kappa shape index (κ1) is 16.7. The molecule has 0 bridgehead atoms. The number of aliphatic hydroxyl groups excluding tert-OH is 2. The van der Waals surface area contributed by atoms with Gasteiger partial charge in [0, 0.05) is 23.9 Å². The normalized spacial score (nSPS) is 27.2. The molecule has 1 aliphatic carbocycles. The molecule has 3 rings (SSSR count). The van der Waals surface area contributed by atoms with Crippen molar-refractivity contribution in [1.82, 2.24) is 4.90 Å². The summed E-state index contributed by atoms with van der Waals surface area (Å²) < 4.78 is 5.52. The van der Waals surface area contributed by atoms with E-state index in [9.17, 15) is 10.2 Å². The van der Waals surface area contributed by atoms with E-state index in [0.717, 1.165) is 38.2 Å². The van der Waals surface area contributed by atoms with Crippen molar-refractivity contribution in [2.24, 2.45) is 5.41 Å². The lowest BCUT2D eigenvalue weighted by molar-refractivity contribution is -0.190. The van der Waals surface area contributed by atoms with Crippen LogP contribution in [0.4, 0.5) is 0 Å². The van der Waals surface area contributed by atoms with Gasteiger partial charge in [-0.25, -0.2) is 0 Å². The number of piperidine rings is 1. The van der Waals surface area contributed by atoms with Gasteiger partial charge in [0.05, 0.1) is 19.3 Å². The molecule has 4 nitrogen and oxygen atoms in total. The predicted octanol–water partition coefficient (Wildman–Crippen LogP) is 2.53. The van der Waals surface area contributed by atoms with Crippen LogP contribution in [0.1, 0.15) is 50.2 Å². The van der Waals surface area contributed by atoms with Gasteiger partial charge in [0.2, 0.25) is 0 Å². The Bertz CT molecular complexity index is 540. The number of ether oxygens (including phenoxy) is 1. The van der Waals surface area contributed by atoms with Crippen LogP contribution < -0.4 is 4.74 Å². The minimum atomic E-state index is -0.321. The van der Waals surface area contributed by atoms with Crippen LogP contribution in [0.3, 0.4) is 0 Å². The second kappa shape index (κ2) is 6.42. The molecule has 1 saturated heterocycles. The van der Waals surface area contributed by atoms with Crippen molar-refractivity contribution in [3.63, 3.8) is 0 Å². The summed E-state index contributed by atoms with van der Waals surface area (Å²) in [4.78, 5) is 2.41. The van der Waals surface area contributed by atoms with Crippen molar-refractivity contribution in [3.05, 3.63) is 29.3 Å². The molecule has 2 N–H and O–H groups in total. The van der Waals surface area contributed by atoms with Gasteiger partial charge in [-0.1, -0.05) is 26.0 Å². The number of likely N-dealkylation sites (tertiary alicyclic amines) is 1. The Balaban J connectivity index is 1.68. The first-order valence-electron chi connectivity index (χ1n) is 8.71. The predicted molar refractivity (Wildman–Crippen MR) is 90.7 cm³/mol. The van der Waals surface area contributed by atoms with Crippen molar-refractivity contribution >= 4 is 0 Å². The molecule has 2 aliphatic rings. The summed E-state index contributed by atoms with van der Waals surface area (Å²) in [6, 6.07) is 6.45.